The summed E-state index contributed by atoms with van der Waals surface area (Å²) in [5, 5.41) is 3.58. The van der Waals surface area contributed by atoms with Crippen LogP contribution in [0.2, 0.25) is 0 Å². The van der Waals surface area contributed by atoms with E-state index in [1.54, 1.807) is 0 Å². The molecule has 2 heterocycles. The molecule has 0 N–H and O–H groups in total. The van der Waals surface area contributed by atoms with E-state index in [1.807, 2.05) is 4.90 Å². The first-order valence-electron chi connectivity index (χ1n) is 7.80. The van der Waals surface area contributed by atoms with Crippen LogP contribution in [-0.4, -0.2) is 55.0 Å². The molecule has 0 aliphatic carbocycles. The van der Waals surface area contributed by atoms with Gasteiger partial charge in [-0.15, -0.1) is 0 Å². The number of likely N-dealkylation sites (tertiary alicyclic amines) is 2. The SMILES string of the molecule is [N-]=[N+]=NCC1CC(=O)N(CCCN2CCCCCC2)C1. The summed E-state index contributed by atoms with van der Waals surface area (Å²) in [7, 11) is 0. The predicted molar refractivity (Wildman–Crippen MR) is 78.2 cm³/mol. The lowest BCUT2D eigenvalue weighted by Crippen LogP contribution is -2.31. The lowest BCUT2D eigenvalue weighted by molar-refractivity contribution is -0.127. The highest BCUT2D eigenvalue weighted by molar-refractivity contribution is 5.78. The van der Waals surface area contributed by atoms with E-state index < -0.39 is 0 Å². The van der Waals surface area contributed by atoms with Crippen molar-refractivity contribution in [3.05, 3.63) is 10.4 Å². The second kappa shape index (κ2) is 8.12. The first kappa shape index (κ1) is 15.1. The van der Waals surface area contributed by atoms with Crippen LogP contribution in [0.15, 0.2) is 5.11 Å². The Morgan fingerprint density at radius 2 is 1.95 bits per heavy atom. The first-order valence-corrected chi connectivity index (χ1v) is 7.80. The Hall–Kier alpha value is -1.26. The van der Waals surface area contributed by atoms with Crippen molar-refractivity contribution in [1.29, 1.82) is 0 Å². The summed E-state index contributed by atoms with van der Waals surface area (Å²) < 4.78 is 0. The van der Waals surface area contributed by atoms with Gasteiger partial charge in [0.2, 0.25) is 5.91 Å². The number of hydrogen-bond acceptors (Lipinski definition) is 3. The van der Waals surface area contributed by atoms with Gasteiger partial charge in [0, 0.05) is 31.0 Å². The molecule has 112 valence electrons. The van der Waals surface area contributed by atoms with Crippen LogP contribution in [-0.2, 0) is 4.79 Å². The van der Waals surface area contributed by atoms with Crippen LogP contribution in [0, 0.1) is 5.92 Å². The van der Waals surface area contributed by atoms with Gasteiger partial charge in [0.25, 0.3) is 0 Å². The van der Waals surface area contributed by atoms with E-state index in [1.165, 1.54) is 38.8 Å². The van der Waals surface area contributed by atoms with Gasteiger partial charge >= 0.3 is 0 Å². The molecular weight excluding hydrogens is 254 g/mol. The van der Waals surface area contributed by atoms with Gasteiger partial charge in [0.05, 0.1) is 0 Å². The van der Waals surface area contributed by atoms with Crippen LogP contribution in [0.4, 0.5) is 0 Å². The zero-order valence-electron chi connectivity index (χ0n) is 12.2. The number of carbonyl (C=O) groups excluding carboxylic acids is 1. The summed E-state index contributed by atoms with van der Waals surface area (Å²) >= 11 is 0. The van der Waals surface area contributed by atoms with Crippen molar-refractivity contribution in [2.75, 3.05) is 39.3 Å². The fourth-order valence-electron chi connectivity index (χ4n) is 3.19. The van der Waals surface area contributed by atoms with E-state index in [-0.39, 0.29) is 11.8 Å². The molecule has 6 heteroatoms. The largest absolute Gasteiger partial charge is 0.342 e. The van der Waals surface area contributed by atoms with E-state index in [2.05, 4.69) is 14.9 Å². The minimum Gasteiger partial charge on any atom is -0.342 e. The summed E-state index contributed by atoms with van der Waals surface area (Å²) in [6.07, 6.45) is 6.96. The maximum atomic E-state index is 11.9. The van der Waals surface area contributed by atoms with Crippen molar-refractivity contribution in [3.8, 4) is 0 Å². The molecule has 0 radical (unpaired) electrons. The van der Waals surface area contributed by atoms with Gasteiger partial charge in [-0.1, -0.05) is 18.0 Å². The minimum atomic E-state index is 0.219. The molecule has 2 saturated heterocycles. The average Bonchev–Trinajstić information content (AvgIpc) is 2.66. The van der Waals surface area contributed by atoms with E-state index >= 15 is 0 Å². The van der Waals surface area contributed by atoms with Gasteiger partial charge in [-0.3, -0.25) is 4.79 Å². The fourth-order valence-corrected chi connectivity index (χ4v) is 3.19. The molecule has 2 aliphatic rings. The molecule has 0 bridgehead atoms. The van der Waals surface area contributed by atoms with Crippen LogP contribution in [0.1, 0.15) is 38.5 Å². The van der Waals surface area contributed by atoms with E-state index in [0.29, 0.717) is 13.0 Å². The molecular formula is C14H25N5O. The van der Waals surface area contributed by atoms with E-state index in [0.717, 1.165) is 26.1 Å². The Kier molecular flexibility index (Phi) is 6.15. The summed E-state index contributed by atoms with van der Waals surface area (Å²) in [5.74, 6) is 0.440. The van der Waals surface area contributed by atoms with E-state index in [4.69, 9.17) is 5.53 Å². The van der Waals surface area contributed by atoms with Gasteiger partial charge in [-0.2, -0.15) is 0 Å². The average molecular weight is 279 g/mol. The Morgan fingerprint density at radius 3 is 2.65 bits per heavy atom. The van der Waals surface area contributed by atoms with Crippen LogP contribution < -0.4 is 0 Å². The molecule has 0 aromatic heterocycles. The lowest BCUT2D eigenvalue weighted by atomic mass is 10.1. The molecule has 6 nitrogen and oxygen atoms in total. The van der Waals surface area contributed by atoms with Crippen molar-refractivity contribution in [1.82, 2.24) is 9.80 Å². The standard InChI is InChI=1S/C14H25N5O/c15-17-16-11-13-10-14(20)19(12-13)9-5-8-18-6-3-1-2-4-7-18/h13H,1-12H2. The molecule has 0 saturated carbocycles. The monoisotopic (exact) mass is 279 g/mol. The van der Waals surface area contributed by atoms with Crippen LogP contribution in [0.25, 0.3) is 10.4 Å². The summed E-state index contributed by atoms with van der Waals surface area (Å²) in [6, 6.07) is 0. The van der Waals surface area contributed by atoms with Gasteiger partial charge < -0.3 is 9.80 Å². The summed E-state index contributed by atoms with van der Waals surface area (Å²) in [6.45, 7) is 5.59. The third-order valence-electron chi connectivity index (χ3n) is 4.30. The molecule has 1 unspecified atom stereocenters. The Labute approximate surface area is 120 Å². The Balaban J connectivity index is 1.66. The van der Waals surface area contributed by atoms with Crippen molar-refractivity contribution >= 4 is 5.91 Å². The van der Waals surface area contributed by atoms with Gasteiger partial charge in [0.15, 0.2) is 0 Å². The fraction of sp³-hybridized carbons (Fsp3) is 0.929. The molecule has 1 amide bonds. The van der Waals surface area contributed by atoms with Crippen LogP contribution >= 0.6 is 0 Å². The number of amides is 1. The molecule has 2 fully saturated rings. The number of azide groups is 1. The molecule has 1 atom stereocenters. The summed E-state index contributed by atoms with van der Waals surface area (Å²) in [4.78, 5) is 19.1. The Morgan fingerprint density at radius 1 is 1.20 bits per heavy atom. The minimum absolute atomic E-state index is 0.219. The zero-order chi connectivity index (χ0) is 14.2. The quantitative estimate of drug-likeness (QED) is 0.425. The molecule has 2 aliphatic heterocycles. The van der Waals surface area contributed by atoms with Crippen molar-refractivity contribution in [2.45, 2.75) is 38.5 Å². The zero-order valence-corrected chi connectivity index (χ0v) is 12.2. The van der Waals surface area contributed by atoms with Crippen LogP contribution in [0.5, 0.6) is 0 Å². The molecule has 0 aromatic rings. The van der Waals surface area contributed by atoms with Crippen molar-refractivity contribution < 1.29 is 4.79 Å². The van der Waals surface area contributed by atoms with Gasteiger partial charge in [0.1, 0.15) is 0 Å². The highest BCUT2D eigenvalue weighted by Crippen LogP contribution is 2.18. The highest BCUT2D eigenvalue weighted by atomic mass is 16.2. The Bertz CT molecular complexity index is 359. The third kappa shape index (κ3) is 4.69. The second-order valence-electron chi connectivity index (χ2n) is 5.93. The lowest BCUT2D eigenvalue weighted by Gasteiger charge is -2.22. The smallest absolute Gasteiger partial charge is 0.222 e. The third-order valence-corrected chi connectivity index (χ3v) is 4.30. The molecule has 2 rings (SSSR count). The van der Waals surface area contributed by atoms with Crippen molar-refractivity contribution in [3.63, 3.8) is 0 Å². The highest BCUT2D eigenvalue weighted by Gasteiger charge is 2.28. The maximum Gasteiger partial charge on any atom is 0.222 e. The van der Waals surface area contributed by atoms with Crippen LogP contribution in [0.3, 0.4) is 0 Å². The predicted octanol–water partition coefficient (Wildman–Crippen LogP) is 2.41. The van der Waals surface area contributed by atoms with Gasteiger partial charge in [-0.05, 0) is 50.3 Å². The normalized spacial score (nSPS) is 24.5. The topological polar surface area (TPSA) is 72.3 Å². The van der Waals surface area contributed by atoms with Gasteiger partial charge in [-0.25, -0.2) is 0 Å². The number of hydrogen-bond donors (Lipinski definition) is 0. The number of rotatable bonds is 6. The van der Waals surface area contributed by atoms with Crippen molar-refractivity contribution in [2.24, 2.45) is 11.0 Å². The summed E-state index contributed by atoms with van der Waals surface area (Å²) in [5.41, 5.74) is 8.32. The number of nitrogens with zero attached hydrogens (tertiary/aromatic N) is 5. The maximum absolute atomic E-state index is 11.9. The van der Waals surface area contributed by atoms with E-state index in [9.17, 15) is 4.79 Å². The molecule has 20 heavy (non-hydrogen) atoms. The number of carbonyl (C=O) groups is 1. The molecule has 0 spiro atoms. The molecule has 0 aromatic carbocycles. The first-order chi connectivity index (χ1) is 9.79. The second-order valence-corrected chi connectivity index (χ2v) is 5.93.